The van der Waals surface area contributed by atoms with E-state index in [1.54, 1.807) is 0 Å². The van der Waals surface area contributed by atoms with Gasteiger partial charge in [0, 0.05) is 25.5 Å². The highest BCUT2D eigenvalue weighted by Crippen LogP contribution is 2.10. The van der Waals surface area contributed by atoms with Gasteiger partial charge in [-0.15, -0.1) is 0 Å². The number of hydrogen-bond acceptors (Lipinski definition) is 2. The van der Waals surface area contributed by atoms with Crippen LogP contribution in [0.2, 0.25) is 0 Å². The molecule has 16 heavy (non-hydrogen) atoms. The SMILES string of the molecule is CC(Nn1cccc1)C(=O)N1CCCCC1. The number of carbonyl (C=O) groups excluding carboxylic acids is 1. The minimum Gasteiger partial charge on any atom is -0.341 e. The Morgan fingerprint density at radius 1 is 1.19 bits per heavy atom. The van der Waals surface area contributed by atoms with Crippen molar-refractivity contribution in [3.63, 3.8) is 0 Å². The normalized spacial score (nSPS) is 18.2. The molecule has 0 aromatic carbocycles. The van der Waals surface area contributed by atoms with Gasteiger partial charge in [-0.2, -0.15) is 0 Å². The zero-order valence-electron chi connectivity index (χ0n) is 9.72. The van der Waals surface area contributed by atoms with Gasteiger partial charge in [0.25, 0.3) is 0 Å². The summed E-state index contributed by atoms with van der Waals surface area (Å²) in [6.07, 6.45) is 7.34. The molecule has 4 heteroatoms. The van der Waals surface area contributed by atoms with Crippen LogP contribution in [0.5, 0.6) is 0 Å². The predicted octanol–water partition coefficient (Wildman–Crippen LogP) is 1.43. The van der Waals surface area contributed by atoms with E-state index in [0.29, 0.717) is 0 Å². The summed E-state index contributed by atoms with van der Waals surface area (Å²) < 4.78 is 1.83. The Kier molecular flexibility index (Phi) is 3.49. The van der Waals surface area contributed by atoms with Crippen molar-refractivity contribution in [2.24, 2.45) is 0 Å². The van der Waals surface area contributed by atoms with E-state index in [4.69, 9.17) is 0 Å². The summed E-state index contributed by atoms with van der Waals surface area (Å²) in [4.78, 5) is 14.0. The van der Waals surface area contributed by atoms with Crippen LogP contribution in [0.1, 0.15) is 26.2 Å². The zero-order chi connectivity index (χ0) is 11.4. The van der Waals surface area contributed by atoms with Crippen molar-refractivity contribution in [3.8, 4) is 0 Å². The first-order valence-corrected chi connectivity index (χ1v) is 5.95. The van der Waals surface area contributed by atoms with Gasteiger partial charge in [-0.05, 0) is 38.3 Å². The molecule has 0 bridgehead atoms. The Bertz CT molecular complexity index is 328. The summed E-state index contributed by atoms with van der Waals surface area (Å²) in [6, 6.07) is 3.71. The summed E-state index contributed by atoms with van der Waals surface area (Å²) in [5.41, 5.74) is 3.14. The number of carbonyl (C=O) groups is 1. The van der Waals surface area contributed by atoms with Crippen molar-refractivity contribution >= 4 is 5.91 Å². The van der Waals surface area contributed by atoms with E-state index in [1.807, 2.05) is 41.0 Å². The lowest BCUT2D eigenvalue weighted by Gasteiger charge is -2.29. The molecule has 1 N–H and O–H groups in total. The molecule has 88 valence electrons. The van der Waals surface area contributed by atoms with E-state index in [2.05, 4.69) is 5.43 Å². The Morgan fingerprint density at radius 2 is 1.81 bits per heavy atom. The maximum Gasteiger partial charge on any atom is 0.246 e. The standard InChI is InChI=1S/C12H19N3O/c1-11(13-15-9-5-6-10-15)12(16)14-7-3-2-4-8-14/h5-6,9-11,13H,2-4,7-8H2,1H3. The second-order valence-electron chi connectivity index (χ2n) is 4.33. The number of nitrogens with one attached hydrogen (secondary N) is 1. The molecule has 1 aromatic rings. The van der Waals surface area contributed by atoms with Gasteiger partial charge >= 0.3 is 0 Å². The molecule has 1 saturated heterocycles. The molecule has 1 atom stereocenters. The van der Waals surface area contributed by atoms with Gasteiger partial charge in [-0.1, -0.05) is 0 Å². The molecule has 4 nitrogen and oxygen atoms in total. The van der Waals surface area contributed by atoms with Crippen LogP contribution in [-0.4, -0.2) is 34.6 Å². The second-order valence-corrected chi connectivity index (χ2v) is 4.33. The van der Waals surface area contributed by atoms with Crippen molar-refractivity contribution in [2.75, 3.05) is 18.5 Å². The molecule has 2 heterocycles. The molecule has 1 aromatic heterocycles. The third kappa shape index (κ3) is 2.56. The highest BCUT2D eigenvalue weighted by molar-refractivity contribution is 5.82. The molecule has 1 amide bonds. The fourth-order valence-corrected chi connectivity index (χ4v) is 2.09. The second kappa shape index (κ2) is 5.05. The monoisotopic (exact) mass is 221 g/mol. The fraction of sp³-hybridized carbons (Fsp3) is 0.583. The van der Waals surface area contributed by atoms with Crippen LogP contribution >= 0.6 is 0 Å². The number of likely N-dealkylation sites (tertiary alicyclic amines) is 1. The Morgan fingerprint density at radius 3 is 2.44 bits per heavy atom. The third-order valence-corrected chi connectivity index (χ3v) is 2.99. The lowest BCUT2D eigenvalue weighted by Crippen LogP contribution is -2.45. The van der Waals surface area contributed by atoms with Gasteiger partial charge in [0.1, 0.15) is 6.04 Å². The summed E-state index contributed by atoms with van der Waals surface area (Å²) in [5, 5.41) is 0. The van der Waals surface area contributed by atoms with Crippen LogP contribution in [0.15, 0.2) is 24.5 Å². The van der Waals surface area contributed by atoms with Crippen LogP contribution in [0, 0.1) is 0 Å². The van der Waals surface area contributed by atoms with E-state index in [1.165, 1.54) is 6.42 Å². The maximum absolute atomic E-state index is 12.1. The highest BCUT2D eigenvalue weighted by Gasteiger charge is 2.21. The van der Waals surface area contributed by atoms with Gasteiger partial charge < -0.3 is 10.3 Å². The molecule has 0 saturated carbocycles. The molecule has 1 fully saturated rings. The summed E-state index contributed by atoms with van der Waals surface area (Å²) in [7, 11) is 0. The molecule has 0 aliphatic carbocycles. The molecule has 0 spiro atoms. The van der Waals surface area contributed by atoms with E-state index in [9.17, 15) is 4.79 Å². The first-order chi connectivity index (χ1) is 7.77. The van der Waals surface area contributed by atoms with Crippen LogP contribution in [0.25, 0.3) is 0 Å². The van der Waals surface area contributed by atoms with Crippen LogP contribution in [-0.2, 0) is 4.79 Å². The van der Waals surface area contributed by atoms with E-state index < -0.39 is 0 Å². The summed E-state index contributed by atoms with van der Waals surface area (Å²) in [6.45, 7) is 3.74. The topological polar surface area (TPSA) is 37.3 Å². The molecule has 1 aliphatic rings. The average molecular weight is 221 g/mol. The van der Waals surface area contributed by atoms with Crippen molar-refractivity contribution in [1.82, 2.24) is 9.58 Å². The maximum atomic E-state index is 12.1. The number of hydrogen-bond donors (Lipinski definition) is 1. The van der Waals surface area contributed by atoms with Gasteiger partial charge in [0.15, 0.2) is 0 Å². The predicted molar refractivity (Wildman–Crippen MR) is 63.7 cm³/mol. The number of amides is 1. The molecular formula is C12H19N3O. The fourth-order valence-electron chi connectivity index (χ4n) is 2.09. The lowest BCUT2D eigenvalue weighted by molar-refractivity contribution is -0.132. The Labute approximate surface area is 96.2 Å². The third-order valence-electron chi connectivity index (χ3n) is 2.99. The van der Waals surface area contributed by atoms with Crippen LogP contribution < -0.4 is 5.43 Å². The molecule has 1 unspecified atom stereocenters. The Balaban J connectivity index is 1.88. The molecule has 2 rings (SSSR count). The van der Waals surface area contributed by atoms with E-state index in [-0.39, 0.29) is 11.9 Å². The van der Waals surface area contributed by atoms with Gasteiger partial charge in [0.2, 0.25) is 5.91 Å². The smallest absolute Gasteiger partial charge is 0.246 e. The number of piperidine rings is 1. The van der Waals surface area contributed by atoms with Gasteiger partial charge in [0.05, 0.1) is 0 Å². The summed E-state index contributed by atoms with van der Waals surface area (Å²) >= 11 is 0. The molecule has 0 radical (unpaired) electrons. The minimum absolute atomic E-state index is 0.162. The van der Waals surface area contributed by atoms with Crippen molar-refractivity contribution in [2.45, 2.75) is 32.2 Å². The molecular weight excluding hydrogens is 202 g/mol. The van der Waals surface area contributed by atoms with E-state index in [0.717, 1.165) is 25.9 Å². The van der Waals surface area contributed by atoms with Gasteiger partial charge in [-0.3, -0.25) is 9.47 Å². The first-order valence-electron chi connectivity index (χ1n) is 5.95. The number of aromatic nitrogens is 1. The van der Waals surface area contributed by atoms with Crippen LogP contribution in [0.3, 0.4) is 0 Å². The van der Waals surface area contributed by atoms with Crippen molar-refractivity contribution in [1.29, 1.82) is 0 Å². The van der Waals surface area contributed by atoms with Crippen molar-refractivity contribution < 1.29 is 4.79 Å². The van der Waals surface area contributed by atoms with Gasteiger partial charge in [-0.25, -0.2) is 0 Å². The lowest BCUT2D eigenvalue weighted by atomic mass is 10.1. The minimum atomic E-state index is -0.162. The summed E-state index contributed by atoms with van der Waals surface area (Å²) in [5.74, 6) is 0.202. The average Bonchev–Trinajstić information content (AvgIpc) is 2.82. The zero-order valence-corrected chi connectivity index (χ0v) is 9.72. The Hall–Kier alpha value is -1.45. The largest absolute Gasteiger partial charge is 0.341 e. The number of nitrogens with zero attached hydrogens (tertiary/aromatic N) is 2. The quantitative estimate of drug-likeness (QED) is 0.838. The van der Waals surface area contributed by atoms with Crippen LogP contribution in [0.4, 0.5) is 0 Å². The highest BCUT2D eigenvalue weighted by atomic mass is 16.2. The molecule has 1 aliphatic heterocycles. The van der Waals surface area contributed by atoms with Crippen molar-refractivity contribution in [3.05, 3.63) is 24.5 Å². The number of rotatable bonds is 3. The first kappa shape index (κ1) is 11.0. The van der Waals surface area contributed by atoms with E-state index >= 15 is 0 Å².